The van der Waals surface area contributed by atoms with Gasteiger partial charge in [-0.25, -0.2) is 4.79 Å². The number of nitrogens with zero attached hydrogens (tertiary/aromatic N) is 1. The van der Waals surface area contributed by atoms with Gasteiger partial charge >= 0.3 is 6.03 Å². The minimum Gasteiger partial charge on any atom is -0.327 e. The first-order chi connectivity index (χ1) is 6.91. The molecule has 0 aliphatic heterocycles. The molecule has 0 aromatic rings. The number of halogens is 1. The van der Waals surface area contributed by atoms with Gasteiger partial charge in [0.1, 0.15) is 5.38 Å². The number of alkyl halides is 1. The third-order valence-corrected chi connectivity index (χ3v) is 2.92. The van der Waals surface area contributed by atoms with Crippen molar-refractivity contribution in [3.05, 3.63) is 0 Å². The van der Waals surface area contributed by atoms with E-state index in [1.54, 1.807) is 7.05 Å². The second kappa shape index (κ2) is 4.84. The first-order valence-electron chi connectivity index (χ1n) is 5.11. The molecular weight excluding hydrogens is 216 g/mol. The van der Waals surface area contributed by atoms with Crippen molar-refractivity contribution in [2.75, 3.05) is 13.6 Å². The largest absolute Gasteiger partial charge is 0.327 e. The standard InChI is InChI=1S/C10H17ClN2O2/c1-6-4-8(6)5-13(3)10(15)12-9(14)7(2)11/h6-8H,4-5H2,1-3H3,(H,12,14,15). The molecule has 3 amide bonds. The molecule has 0 aromatic carbocycles. The van der Waals surface area contributed by atoms with Crippen LogP contribution in [0.4, 0.5) is 4.79 Å². The van der Waals surface area contributed by atoms with Gasteiger partial charge < -0.3 is 4.90 Å². The number of hydrogen-bond donors (Lipinski definition) is 1. The molecule has 0 heterocycles. The summed E-state index contributed by atoms with van der Waals surface area (Å²) < 4.78 is 0. The number of urea groups is 1. The van der Waals surface area contributed by atoms with Crippen molar-refractivity contribution < 1.29 is 9.59 Å². The van der Waals surface area contributed by atoms with Crippen molar-refractivity contribution in [3.8, 4) is 0 Å². The Bertz CT molecular complexity index is 268. The smallest absolute Gasteiger partial charge is 0.323 e. The number of nitrogens with one attached hydrogen (secondary N) is 1. The maximum atomic E-state index is 11.5. The zero-order valence-corrected chi connectivity index (χ0v) is 10.0. The summed E-state index contributed by atoms with van der Waals surface area (Å²) in [4.78, 5) is 24.1. The molecule has 3 atom stereocenters. The highest BCUT2D eigenvalue weighted by Crippen LogP contribution is 2.37. The Balaban J connectivity index is 2.29. The number of rotatable bonds is 3. The molecule has 1 rings (SSSR count). The van der Waals surface area contributed by atoms with Crippen molar-refractivity contribution in [3.63, 3.8) is 0 Å². The highest BCUT2D eigenvalue weighted by atomic mass is 35.5. The predicted octanol–water partition coefficient (Wildman–Crippen LogP) is 1.44. The van der Waals surface area contributed by atoms with Crippen LogP contribution in [0.5, 0.6) is 0 Å². The van der Waals surface area contributed by atoms with Gasteiger partial charge in [0.05, 0.1) is 0 Å². The van der Waals surface area contributed by atoms with E-state index < -0.39 is 11.3 Å². The van der Waals surface area contributed by atoms with E-state index in [9.17, 15) is 9.59 Å². The first-order valence-corrected chi connectivity index (χ1v) is 5.55. The number of hydrogen-bond acceptors (Lipinski definition) is 2. The van der Waals surface area contributed by atoms with Crippen molar-refractivity contribution in [1.82, 2.24) is 10.2 Å². The Hall–Kier alpha value is -0.770. The molecule has 0 radical (unpaired) electrons. The summed E-state index contributed by atoms with van der Waals surface area (Å²) in [5, 5.41) is 1.56. The van der Waals surface area contributed by atoms with Crippen molar-refractivity contribution >= 4 is 23.5 Å². The molecule has 1 aliphatic rings. The SMILES string of the molecule is CC(Cl)C(=O)NC(=O)N(C)CC1CC1C. The lowest BCUT2D eigenvalue weighted by Crippen LogP contribution is -2.43. The number of carbonyl (C=O) groups excluding carboxylic acids is 2. The van der Waals surface area contributed by atoms with Crippen LogP contribution in [0.1, 0.15) is 20.3 Å². The zero-order chi connectivity index (χ0) is 11.6. The monoisotopic (exact) mass is 232 g/mol. The lowest BCUT2D eigenvalue weighted by atomic mass is 10.3. The van der Waals surface area contributed by atoms with Crippen molar-refractivity contribution in [1.29, 1.82) is 0 Å². The van der Waals surface area contributed by atoms with Gasteiger partial charge in [-0.05, 0) is 25.2 Å². The van der Waals surface area contributed by atoms with Crippen LogP contribution >= 0.6 is 11.6 Å². The maximum Gasteiger partial charge on any atom is 0.323 e. The van der Waals surface area contributed by atoms with Crippen LogP contribution in [0.15, 0.2) is 0 Å². The summed E-state index contributed by atoms with van der Waals surface area (Å²) in [6.07, 6.45) is 1.16. The molecule has 1 fully saturated rings. The second-order valence-electron chi connectivity index (χ2n) is 4.26. The van der Waals surface area contributed by atoms with Gasteiger partial charge in [-0.15, -0.1) is 11.6 Å². The van der Waals surface area contributed by atoms with Gasteiger partial charge in [0.15, 0.2) is 0 Å². The maximum absolute atomic E-state index is 11.5. The van der Waals surface area contributed by atoms with Crippen LogP contribution in [0, 0.1) is 11.8 Å². The van der Waals surface area contributed by atoms with Crippen LogP contribution in [0.25, 0.3) is 0 Å². The van der Waals surface area contributed by atoms with Gasteiger partial charge in [0.25, 0.3) is 0 Å². The van der Waals surface area contributed by atoms with Crippen LogP contribution in [0.2, 0.25) is 0 Å². The third-order valence-electron chi connectivity index (χ3n) is 2.72. The van der Waals surface area contributed by atoms with Gasteiger partial charge in [-0.2, -0.15) is 0 Å². The molecule has 5 heteroatoms. The summed E-state index contributed by atoms with van der Waals surface area (Å²) >= 11 is 5.54. The average Bonchev–Trinajstić information content (AvgIpc) is 2.81. The van der Waals surface area contributed by atoms with Gasteiger partial charge in [-0.1, -0.05) is 6.92 Å². The van der Waals surface area contributed by atoms with E-state index in [1.807, 2.05) is 0 Å². The number of carbonyl (C=O) groups is 2. The zero-order valence-electron chi connectivity index (χ0n) is 9.29. The van der Waals surface area contributed by atoms with Crippen LogP contribution in [-0.2, 0) is 4.79 Å². The molecule has 0 bridgehead atoms. The van der Waals surface area contributed by atoms with Gasteiger partial charge in [0.2, 0.25) is 5.91 Å². The van der Waals surface area contributed by atoms with E-state index in [-0.39, 0.29) is 6.03 Å². The Morgan fingerprint density at radius 2 is 2.13 bits per heavy atom. The molecule has 15 heavy (non-hydrogen) atoms. The molecule has 3 unspecified atom stereocenters. The molecule has 1 aliphatic carbocycles. The fraction of sp³-hybridized carbons (Fsp3) is 0.800. The Kier molecular flexibility index (Phi) is 3.97. The molecule has 0 saturated heterocycles. The summed E-state index contributed by atoms with van der Waals surface area (Å²) in [7, 11) is 1.69. The third kappa shape index (κ3) is 3.70. The molecule has 1 N–H and O–H groups in total. The predicted molar refractivity (Wildman–Crippen MR) is 58.8 cm³/mol. The van der Waals surface area contributed by atoms with Crippen molar-refractivity contribution in [2.24, 2.45) is 11.8 Å². The molecule has 86 valence electrons. The Labute approximate surface area is 95.0 Å². The normalized spacial score (nSPS) is 25.6. The Morgan fingerprint density at radius 3 is 2.53 bits per heavy atom. The van der Waals surface area contributed by atoms with Crippen LogP contribution in [0.3, 0.4) is 0 Å². The summed E-state index contributed by atoms with van der Waals surface area (Å²) in [5.41, 5.74) is 0. The van der Waals surface area contributed by atoms with Crippen LogP contribution < -0.4 is 5.32 Å². The van der Waals surface area contributed by atoms with Gasteiger partial charge in [0, 0.05) is 13.6 Å². The lowest BCUT2D eigenvalue weighted by molar-refractivity contribution is -0.119. The fourth-order valence-corrected chi connectivity index (χ4v) is 1.44. The topological polar surface area (TPSA) is 49.4 Å². The summed E-state index contributed by atoms with van der Waals surface area (Å²) in [5.74, 6) is 0.838. The second-order valence-corrected chi connectivity index (χ2v) is 4.92. The molecule has 0 aromatic heterocycles. The van der Waals surface area contributed by atoms with Crippen molar-refractivity contribution in [2.45, 2.75) is 25.6 Å². The van der Waals surface area contributed by atoms with Crippen LogP contribution in [-0.4, -0.2) is 35.8 Å². The Morgan fingerprint density at radius 1 is 1.60 bits per heavy atom. The van der Waals surface area contributed by atoms with E-state index in [0.29, 0.717) is 18.4 Å². The van der Waals surface area contributed by atoms with E-state index in [4.69, 9.17) is 11.6 Å². The highest BCUT2D eigenvalue weighted by molar-refractivity contribution is 6.31. The lowest BCUT2D eigenvalue weighted by Gasteiger charge is -2.17. The van der Waals surface area contributed by atoms with Gasteiger partial charge in [-0.3, -0.25) is 10.1 Å². The minimum absolute atomic E-state index is 0.369. The summed E-state index contributed by atoms with van der Waals surface area (Å²) in [6, 6.07) is -0.369. The molecule has 0 spiro atoms. The minimum atomic E-state index is -0.679. The molecule has 4 nitrogen and oxygen atoms in total. The quantitative estimate of drug-likeness (QED) is 0.749. The van der Waals surface area contributed by atoms with E-state index in [0.717, 1.165) is 6.42 Å². The van der Waals surface area contributed by atoms with E-state index >= 15 is 0 Å². The molecular formula is C10H17ClN2O2. The first kappa shape index (κ1) is 12.3. The fourth-order valence-electron chi connectivity index (χ4n) is 1.39. The number of amides is 3. The summed E-state index contributed by atoms with van der Waals surface area (Å²) in [6.45, 7) is 4.40. The number of imide groups is 1. The average molecular weight is 233 g/mol. The van der Waals surface area contributed by atoms with E-state index in [2.05, 4.69) is 12.2 Å². The molecule has 1 saturated carbocycles. The van der Waals surface area contributed by atoms with E-state index in [1.165, 1.54) is 11.8 Å². The highest BCUT2D eigenvalue weighted by Gasteiger charge is 2.34.